The maximum atomic E-state index is 13.1. The van der Waals surface area contributed by atoms with Crippen molar-refractivity contribution < 1.29 is 18.0 Å². The van der Waals surface area contributed by atoms with Crippen LogP contribution in [-0.4, -0.2) is 34.6 Å². The van der Waals surface area contributed by atoms with Gasteiger partial charge in [-0.1, -0.05) is 17.7 Å². The van der Waals surface area contributed by atoms with E-state index in [2.05, 4.69) is 11.0 Å². The van der Waals surface area contributed by atoms with Crippen LogP contribution in [0.2, 0.25) is 5.02 Å². The highest BCUT2D eigenvalue weighted by molar-refractivity contribution is 6.34. The van der Waals surface area contributed by atoms with Crippen LogP contribution < -0.4 is 16.7 Å². The summed E-state index contributed by atoms with van der Waals surface area (Å²) >= 11 is 5.91. The van der Waals surface area contributed by atoms with Gasteiger partial charge in [0.25, 0.3) is 5.91 Å². The van der Waals surface area contributed by atoms with E-state index in [1.54, 1.807) is 11.9 Å². The van der Waals surface area contributed by atoms with Gasteiger partial charge in [0.15, 0.2) is 0 Å². The van der Waals surface area contributed by atoms with E-state index in [0.717, 1.165) is 18.0 Å². The van der Waals surface area contributed by atoms with Crippen LogP contribution in [0, 0.1) is 5.41 Å². The molecule has 0 bridgehead atoms. The first-order valence-electron chi connectivity index (χ1n) is 8.31. The summed E-state index contributed by atoms with van der Waals surface area (Å²) in [6.45, 7) is 1.93. The number of nitrogens with one attached hydrogen (secondary N) is 3. The van der Waals surface area contributed by atoms with E-state index >= 15 is 0 Å². The lowest BCUT2D eigenvalue weighted by Gasteiger charge is -2.35. The lowest BCUT2D eigenvalue weighted by molar-refractivity contribution is -0.137. The average Bonchev–Trinajstić information content (AvgIpc) is 3.02. The molecule has 1 aromatic rings. The zero-order valence-electron chi connectivity index (χ0n) is 14.8. The van der Waals surface area contributed by atoms with Gasteiger partial charge in [-0.2, -0.15) is 13.2 Å². The van der Waals surface area contributed by atoms with E-state index in [0.29, 0.717) is 17.9 Å². The minimum atomic E-state index is -4.65. The third-order valence-corrected chi connectivity index (χ3v) is 5.00. The van der Waals surface area contributed by atoms with Gasteiger partial charge in [0.2, 0.25) is 0 Å². The minimum absolute atomic E-state index is 0.142. The molecule has 5 N–H and O–H groups in total. The maximum absolute atomic E-state index is 13.1. The molecule has 150 valence electrons. The second-order valence-corrected chi connectivity index (χ2v) is 6.78. The van der Waals surface area contributed by atoms with Crippen molar-refractivity contribution in [3.8, 4) is 0 Å². The number of allylic oxidation sites excluding steroid dienone is 1. The van der Waals surface area contributed by atoms with Crippen molar-refractivity contribution in [1.29, 1.82) is 5.41 Å². The Hall–Kier alpha value is -2.72. The molecule has 0 saturated carbocycles. The van der Waals surface area contributed by atoms with Crippen LogP contribution in [-0.2, 0) is 6.18 Å². The lowest BCUT2D eigenvalue weighted by atomic mass is 10.0. The number of hydrazine groups is 2. The summed E-state index contributed by atoms with van der Waals surface area (Å²) in [7, 11) is 0. The zero-order valence-corrected chi connectivity index (χ0v) is 15.5. The molecule has 28 heavy (non-hydrogen) atoms. The SMILES string of the molecule is CC1CC2=C(CN1C(=O)c1cccc(C(F)(F)F)c1Cl)NNN2/C(N)=C/C=N. The first-order valence-corrected chi connectivity index (χ1v) is 8.69. The topological polar surface area (TPSA) is 97.5 Å². The van der Waals surface area contributed by atoms with Crippen LogP contribution in [0.15, 0.2) is 41.5 Å². The van der Waals surface area contributed by atoms with Crippen molar-refractivity contribution in [2.75, 3.05) is 6.54 Å². The monoisotopic (exact) mass is 414 g/mol. The second kappa shape index (κ2) is 7.36. The van der Waals surface area contributed by atoms with Crippen LogP contribution in [0.3, 0.4) is 0 Å². The van der Waals surface area contributed by atoms with Crippen LogP contribution in [0.5, 0.6) is 0 Å². The van der Waals surface area contributed by atoms with Gasteiger partial charge in [-0.05, 0) is 25.1 Å². The zero-order chi connectivity index (χ0) is 20.6. The van der Waals surface area contributed by atoms with Crippen LogP contribution in [0.25, 0.3) is 0 Å². The highest BCUT2D eigenvalue weighted by atomic mass is 35.5. The van der Waals surface area contributed by atoms with E-state index in [9.17, 15) is 18.0 Å². The predicted molar refractivity (Wildman–Crippen MR) is 97.8 cm³/mol. The molecule has 1 aromatic carbocycles. The van der Waals surface area contributed by atoms with Crippen LogP contribution >= 0.6 is 11.6 Å². The molecule has 0 aromatic heterocycles. The Morgan fingerprint density at radius 2 is 2.14 bits per heavy atom. The first-order chi connectivity index (χ1) is 13.1. The number of hydrogen-bond donors (Lipinski definition) is 4. The van der Waals surface area contributed by atoms with Crippen LogP contribution in [0.4, 0.5) is 13.2 Å². The number of benzene rings is 1. The summed E-state index contributed by atoms with van der Waals surface area (Å²) < 4.78 is 39.3. The molecule has 0 saturated heterocycles. The Kier molecular flexibility index (Phi) is 5.26. The fourth-order valence-electron chi connectivity index (χ4n) is 3.18. The molecular formula is C17H18ClF3N6O. The van der Waals surface area contributed by atoms with Gasteiger partial charge in [-0.15, -0.1) is 5.53 Å². The van der Waals surface area contributed by atoms with Gasteiger partial charge in [0, 0.05) is 18.7 Å². The molecule has 2 aliphatic heterocycles. The fourth-order valence-corrected chi connectivity index (χ4v) is 3.50. The number of hydrogen-bond acceptors (Lipinski definition) is 6. The van der Waals surface area contributed by atoms with Gasteiger partial charge in [-0.25, -0.2) is 5.01 Å². The Labute approximate surface area is 164 Å². The van der Waals surface area contributed by atoms with E-state index in [-0.39, 0.29) is 18.2 Å². The summed E-state index contributed by atoms with van der Waals surface area (Å²) in [6.07, 6.45) is -1.79. The number of carbonyl (C=O) groups excluding carboxylic acids is 1. The third kappa shape index (κ3) is 3.52. The van der Waals surface area contributed by atoms with E-state index < -0.39 is 22.7 Å². The van der Waals surface area contributed by atoms with Crippen molar-refractivity contribution in [1.82, 2.24) is 20.9 Å². The van der Waals surface area contributed by atoms with Crippen molar-refractivity contribution >= 4 is 23.7 Å². The van der Waals surface area contributed by atoms with Crippen molar-refractivity contribution in [3.05, 3.63) is 57.6 Å². The van der Waals surface area contributed by atoms with Crippen molar-refractivity contribution in [2.24, 2.45) is 5.73 Å². The number of carbonyl (C=O) groups is 1. The minimum Gasteiger partial charge on any atom is -0.384 e. The van der Waals surface area contributed by atoms with Crippen molar-refractivity contribution in [3.63, 3.8) is 0 Å². The quantitative estimate of drug-likeness (QED) is 0.570. The van der Waals surface area contributed by atoms with Crippen LogP contribution in [0.1, 0.15) is 29.3 Å². The Morgan fingerprint density at radius 3 is 2.79 bits per heavy atom. The smallest absolute Gasteiger partial charge is 0.384 e. The Balaban J connectivity index is 1.89. The van der Waals surface area contributed by atoms with Crippen molar-refractivity contribution in [2.45, 2.75) is 25.6 Å². The normalized spacial score (nSPS) is 20.2. The van der Waals surface area contributed by atoms with Gasteiger partial charge in [-0.3, -0.25) is 4.79 Å². The van der Waals surface area contributed by atoms with Gasteiger partial charge >= 0.3 is 6.18 Å². The summed E-state index contributed by atoms with van der Waals surface area (Å²) in [5.41, 5.74) is 11.9. The number of nitrogens with two attached hydrogens (primary N) is 1. The number of amides is 1. The summed E-state index contributed by atoms with van der Waals surface area (Å²) in [4.78, 5) is 14.4. The molecule has 1 atom stereocenters. The van der Waals surface area contributed by atoms with E-state index in [4.69, 9.17) is 22.7 Å². The molecule has 2 aliphatic rings. The molecule has 0 aliphatic carbocycles. The Bertz CT molecular complexity index is 882. The molecule has 1 amide bonds. The third-order valence-electron chi connectivity index (χ3n) is 4.59. The van der Waals surface area contributed by atoms with Gasteiger partial charge < -0.3 is 21.5 Å². The molecule has 3 rings (SSSR count). The molecule has 2 heterocycles. The number of alkyl halides is 3. The number of halogens is 4. The predicted octanol–water partition coefficient (Wildman–Crippen LogP) is 2.58. The molecule has 11 heteroatoms. The number of rotatable bonds is 3. The van der Waals surface area contributed by atoms with Gasteiger partial charge in [0.1, 0.15) is 5.82 Å². The van der Waals surface area contributed by atoms with Gasteiger partial charge in [0.05, 0.1) is 34.1 Å². The summed E-state index contributed by atoms with van der Waals surface area (Å²) in [5, 5.41) is 8.07. The molecule has 0 spiro atoms. The standard InChI is InChI=1S/C17H18ClF3N6O/c1-9-7-13-12(24-25-27(13)14(23)5-6-22)8-26(9)16(28)10-3-2-4-11(15(10)18)17(19,20)21/h2-6,9,22,24-25H,7-8,23H2,1H3/b14-5+,22-6?. The molecule has 1 unspecified atom stereocenters. The fraction of sp³-hybridized carbons (Fsp3) is 0.294. The summed E-state index contributed by atoms with van der Waals surface area (Å²) in [5.74, 6) is -0.293. The molecular weight excluding hydrogens is 397 g/mol. The van der Waals surface area contributed by atoms with E-state index in [1.165, 1.54) is 23.1 Å². The van der Waals surface area contributed by atoms with E-state index in [1.807, 2.05) is 0 Å². The first kappa shape index (κ1) is 20.0. The molecule has 0 fully saturated rings. The largest absolute Gasteiger partial charge is 0.417 e. The lowest BCUT2D eigenvalue weighted by Crippen LogP contribution is -2.44. The highest BCUT2D eigenvalue weighted by Crippen LogP contribution is 2.37. The number of nitrogens with zero attached hydrogens (tertiary/aromatic N) is 2. The molecule has 7 nitrogen and oxygen atoms in total. The Morgan fingerprint density at radius 1 is 1.43 bits per heavy atom. The maximum Gasteiger partial charge on any atom is 0.417 e. The average molecular weight is 415 g/mol. The second-order valence-electron chi connectivity index (χ2n) is 6.41. The summed E-state index contributed by atoms with van der Waals surface area (Å²) in [6, 6.07) is 2.99. The highest BCUT2D eigenvalue weighted by Gasteiger charge is 2.38. The molecule has 0 radical (unpaired) electrons.